The van der Waals surface area contributed by atoms with Crippen molar-refractivity contribution in [3.8, 4) is 5.75 Å². The second-order valence-electron chi connectivity index (χ2n) is 7.00. The Morgan fingerprint density at radius 2 is 2.15 bits per heavy atom. The lowest BCUT2D eigenvalue weighted by atomic mass is 10.1. The molecular weight excluding hydrogens is 346 g/mol. The van der Waals surface area contributed by atoms with Crippen molar-refractivity contribution < 1.29 is 19.1 Å². The summed E-state index contributed by atoms with van der Waals surface area (Å²) in [6.07, 6.45) is 2.36. The van der Waals surface area contributed by atoms with Crippen LogP contribution in [0, 0.1) is 0 Å². The summed E-state index contributed by atoms with van der Waals surface area (Å²) in [6.45, 7) is 4.78. The highest BCUT2D eigenvalue weighted by Crippen LogP contribution is 2.18. The molecule has 0 unspecified atom stereocenters. The van der Waals surface area contributed by atoms with Gasteiger partial charge in [0.05, 0.1) is 13.2 Å². The Hall–Kier alpha value is -2.12. The molecule has 2 aliphatic rings. The van der Waals surface area contributed by atoms with Crippen molar-refractivity contribution in [3.05, 3.63) is 29.8 Å². The van der Waals surface area contributed by atoms with Gasteiger partial charge in [-0.2, -0.15) is 0 Å². The van der Waals surface area contributed by atoms with Crippen molar-refractivity contribution in [1.29, 1.82) is 0 Å². The first-order valence-electron chi connectivity index (χ1n) is 9.71. The van der Waals surface area contributed by atoms with E-state index in [0.717, 1.165) is 45.6 Å². The molecule has 0 aliphatic carbocycles. The minimum atomic E-state index is -0.0856. The van der Waals surface area contributed by atoms with Gasteiger partial charge < -0.3 is 24.6 Å². The summed E-state index contributed by atoms with van der Waals surface area (Å²) >= 11 is 0. The molecule has 0 aromatic heterocycles. The number of hydrogen-bond acceptors (Lipinski definition) is 5. The Labute approximate surface area is 160 Å². The summed E-state index contributed by atoms with van der Waals surface area (Å²) in [5.74, 6) is 0.666. The fourth-order valence-electron chi connectivity index (χ4n) is 3.55. The largest absolute Gasteiger partial charge is 0.497 e. The molecule has 0 spiro atoms. The van der Waals surface area contributed by atoms with Crippen molar-refractivity contribution in [3.63, 3.8) is 0 Å². The lowest BCUT2D eigenvalue weighted by Gasteiger charge is -2.30. The summed E-state index contributed by atoms with van der Waals surface area (Å²) in [5.41, 5.74) is 0.571. The SMILES string of the molecule is COc1cccc(C(=O)N(CCC(=O)N2CCNCC2)C[C@H]2CCCO2)c1. The molecule has 1 N–H and O–H groups in total. The van der Waals surface area contributed by atoms with E-state index in [9.17, 15) is 9.59 Å². The number of rotatable bonds is 7. The summed E-state index contributed by atoms with van der Waals surface area (Å²) in [5, 5.41) is 3.25. The molecule has 27 heavy (non-hydrogen) atoms. The van der Waals surface area contributed by atoms with Gasteiger partial charge >= 0.3 is 0 Å². The van der Waals surface area contributed by atoms with Crippen LogP contribution < -0.4 is 10.1 Å². The Bertz CT molecular complexity index is 640. The van der Waals surface area contributed by atoms with E-state index in [1.807, 2.05) is 17.0 Å². The molecular formula is C20H29N3O4. The van der Waals surface area contributed by atoms with Crippen LogP contribution in [-0.4, -0.2) is 80.7 Å². The van der Waals surface area contributed by atoms with E-state index in [1.165, 1.54) is 0 Å². The van der Waals surface area contributed by atoms with Gasteiger partial charge in [0.25, 0.3) is 5.91 Å². The maximum Gasteiger partial charge on any atom is 0.254 e. The lowest BCUT2D eigenvalue weighted by Crippen LogP contribution is -2.47. The van der Waals surface area contributed by atoms with Gasteiger partial charge in [0.2, 0.25) is 5.91 Å². The lowest BCUT2D eigenvalue weighted by molar-refractivity contribution is -0.132. The monoisotopic (exact) mass is 375 g/mol. The van der Waals surface area contributed by atoms with E-state index in [1.54, 1.807) is 24.1 Å². The predicted octanol–water partition coefficient (Wildman–Crippen LogP) is 1.14. The van der Waals surface area contributed by atoms with Gasteiger partial charge in [0, 0.05) is 57.9 Å². The molecule has 7 nitrogen and oxygen atoms in total. The summed E-state index contributed by atoms with van der Waals surface area (Å²) in [7, 11) is 1.58. The number of nitrogens with zero attached hydrogens (tertiary/aromatic N) is 2. The topological polar surface area (TPSA) is 71.1 Å². The first-order valence-corrected chi connectivity index (χ1v) is 9.71. The summed E-state index contributed by atoms with van der Waals surface area (Å²) in [4.78, 5) is 29.2. The third kappa shape index (κ3) is 5.43. The fourth-order valence-corrected chi connectivity index (χ4v) is 3.55. The van der Waals surface area contributed by atoms with Crippen molar-refractivity contribution in [2.24, 2.45) is 0 Å². The van der Waals surface area contributed by atoms with Crippen LogP contribution in [0.25, 0.3) is 0 Å². The number of methoxy groups -OCH3 is 1. The minimum absolute atomic E-state index is 0.0499. The fraction of sp³-hybridized carbons (Fsp3) is 0.600. The van der Waals surface area contributed by atoms with Crippen molar-refractivity contribution in [1.82, 2.24) is 15.1 Å². The number of hydrogen-bond donors (Lipinski definition) is 1. The van der Waals surface area contributed by atoms with Gasteiger partial charge in [-0.15, -0.1) is 0 Å². The molecule has 0 bridgehead atoms. The molecule has 2 amide bonds. The Kier molecular flexibility index (Phi) is 7.06. The molecule has 7 heteroatoms. The van der Waals surface area contributed by atoms with Crippen LogP contribution in [0.1, 0.15) is 29.6 Å². The highest BCUT2D eigenvalue weighted by atomic mass is 16.5. The van der Waals surface area contributed by atoms with Crippen LogP contribution in [0.4, 0.5) is 0 Å². The minimum Gasteiger partial charge on any atom is -0.497 e. The molecule has 0 radical (unpaired) electrons. The van der Waals surface area contributed by atoms with Gasteiger partial charge in [0.1, 0.15) is 5.75 Å². The van der Waals surface area contributed by atoms with Crippen LogP contribution in [0.3, 0.4) is 0 Å². The maximum atomic E-state index is 13.1. The van der Waals surface area contributed by atoms with E-state index in [0.29, 0.717) is 30.8 Å². The number of carbonyl (C=O) groups is 2. The van der Waals surface area contributed by atoms with E-state index < -0.39 is 0 Å². The molecule has 3 rings (SSSR count). The van der Waals surface area contributed by atoms with Gasteiger partial charge in [-0.25, -0.2) is 0 Å². The number of nitrogens with one attached hydrogen (secondary N) is 1. The standard InChI is InChI=1S/C20H29N3O4/c1-26-17-5-2-4-16(14-17)20(25)23(15-18-6-3-13-27-18)10-7-19(24)22-11-8-21-9-12-22/h2,4-5,14,18,21H,3,6-13,15H2,1H3/t18-/m1/s1. The van der Waals surface area contributed by atoms with E-state index in [2.05, 4.69) is 5.32 Å². The molecule has 1 atom stereocenters. The van der Waals surface area contributed by atoms with Crippen LogP contribution >= 0.6 is 0 Å². The molecule has 2 heterocycles. The predicted molar refractivity (Wildman–Crippen MR) is 102 cm³/mol. The first-order chi connectivity index (χ1) is 13.2. The summed E-state index contributed by atoms with van der Waals surface area (Å²) < 4.78 is 10.9. The molecule has 148 valence electrons. The van der Waals surface area contributed by atoms with Crippen molar-refractivity contribution in [2.45, 2.75) is 25.4 Å². The van der Waals surface area contributed by atoms with Gasteiger partial charge in [-0.05, 0) is 31.0 Å². The Morgan fingerprint density at radius 3 is 2.85 bits per heavy atom. The number of piperazine rings is 1. The van der Waals surface area contributed by atoms with Gasteiger partial charge in [-0.3, -0.25) is 9.59 Å². The Balaban J connectivity index is 1.65. The third-order valence-corrected chi connectivity index (χ3v) is 5.12. The zero-order chi connectivity index (χ0) is 19.1. The van der Waals surface area contributed by atoms with E-state index in [-0.39, 0.29) is 17.9 Å². The zero-order valence-corrected chi connectivity index (χ0v) is 16.0. The van der Waals surface area contributed by atoms with Crippen LogP contribution in [-0.2, 0) is 9.53 Å². The Morgan fingerprint density at radius 1 is 1.33 bits per heavy atom. The molecule has 2 saturated heterocycles. The molecule has 2 aliphatic heterocycles. The highest BCUT2D eigenvalue weighted by Gasteiger charge is 2.25. The van der Waals surface area contributed by atoms with E-state index >= 15 is 0 Å². The molecule has 1 aromatic rings. The van der Waals surface area contributed by atoms with Gasteiger partial charge in [-0.1, -0.05) is 6.07 Å². The van der Waals surface area contributed by atoms with Gasteiger partial charge in [0.15, 0.2) is 0 Å². The average Bonchev–Trinajstić information content (AvgIpc) is 3.24. The van der Waals surface area contributed by atoms with Crippen LogP contribution in [0.2, 0.25) is 0 Å². The maximum absolute atomic E-state index is 13.1. The molecule has 2 fully saturated rings. The molecule has 1 aromatic carbocycles. The van der Waals surface area contributed by atoms with Crippen molar-refractivity contribution in [2.75, 3.05) is 53.0 Å². The average molecular weight is 375 g/mol. The quantitative estimate of drug-likeness (QED) is 0.774. The first kappa shape index (κ1) is 19.6. The second-order valence-corrected chi connectivity index (χ2v) is 7.00. The normalized spacial score (nSPS) is 19.7. The number of ether oxygens (including phenoxy) is 2. The van der Waals surface area contributed by atoms with Crippen molar-refractivity contribution >= 4 is 11.8 Å². The zero-order valence-electron chi connectivity index (χ0n) is 16.0. The van der Waals surface area contributed by atoms with Crippen LogP contribution in [0.15, 0.2) is 24.3 Å². The highest BCUT2D eigenvalue weighted by molar-refractivity contribution is 5.95. The summed E-state index contributed by atoms with van der Waals surface area (Å²) in [6, 6.07) is 7.14. The van der Waals surface area contributed by atoms with Crippen LogP contribution in [0.5, 0.6) is 5.75 Å². The number of amides is 2. The molecule has 0 saturated carbocycles. The number of benzene rings is 1. The van der Waals surface area contributed by atoms with E-state index in [4.69, 9.17) is 9.47 Å². The smallest absolute Gasteiger partial charge is 0.254 e. The number of carbonyl (C=O) groups excluding carboxylic acids is 2. The second kappa shape index (κ2) is 9.71. The third-order valence-electron chi connectivity index (χ3n) is 5.12.